The van der Waals surface area contributed by atoms with Crippen LogP contribution < -0.4 is 4.90 Å². The lowest BCUT2D eigenvalue weighted by atomic mass is 9.89. The molecule has 2 heterocycles. The molecule has 0 saturated heterocycles. The summed E-state index contributed by atoms with van der Waals surface area (Å²) in [6.07, 6.45) is 0.958. The minimum atomic E-state index is -1.99. The number of ketones is 1. The summed E-state index contributed by atoms with van der Waals surface area (Å²) >= 11 is 6.12. The van der Waals surface area contributed by atoms with Gasteiger partial charge in [-0.3, -0.25) is 9.59 Å². The Balaban J connectivity index is 1.72. The Labute approximate surface area is 167 Å². The van der Waals surface area contributed by atoms with Crippen LogP contribution in [-0.4, -0.2) is 16.8 Å². The molecule has 4 rings (SSSR count). The second-order valence-electron chi connectivity index (χ2n) is 6.98. The molecule has 0 bridgehead atoms. The number of hydrogen-bond acceptors (Lipinski definition) is 4. The molecule has 142 valence electrons. The number of Topliss-reactive ketones (excluding diaryl/α,β-unsaturated/α-hetero) is 1. The van der Waals surface area contributed by atoms with Gasteiger partial charge in [0.1, 0.15) is 0 Å². The first kappa shape index (κ1) is 18.5. The minimum Gasteiger partial charge on any atom is -0.461 e. The van der Waals surface area contributed by atoms with Gasteiger partial charge in [-0.05, 0) is 42.8 Å². The monoisotopic (exact) mass is 395 g/mol. The third kappa shape index (κ3) is 3.13. The van der Waals surface area contributed by atoms with Gasteiger partial charge in [0.25, 0.3) is 5.91 Å². The molecule has 0 aliphatic carbocycles. The van der Waals surface area contributed by atoms with E-state index < -0.39 is 23.7 Å². The maximum absolute atomic E-state index is 13.2. The van der Waals surface area contributed by atoms with Crippen LogP contribution >= 0.6 is 11.6 Å². The quantitative estimate of drug-likeness (QED) is 0.655. The lowest BCUT2D eigenvalue weighted by Gasteiger charge is -2.22. The van der Waals surface area contributed by atoms with Crippen LogP contribution in [0.3, 0.4) is 0 Å². The van der Waals surface area contributed by atoms with Gasteiger partial charge in [0, 0.05) is 10.6 Å². The summed E-state index contributed by atoms with van der Waals surface area (Å²) in [5.41, 5.74) is 0.918. The highest BCUT2D eigenvalue weighted by molar-refractivity contribution is 6.31. The van der Waals surface area contributed by atoms with Crippen molar-refractivity contribution in [1.82, 2.24) is 0 Å². The number of furan rings is 1. The fraction of sp³-hybridized carbons (Fsp3) is 0.182. The van der Waals surface area contributed by atoms with Gasteiger partial charge < -0.3 is 14.4 Å². The van der Waals surface area contributed by atoms with Gasteiger partial charge in [0.05, 0.1) is 24.9 Å². The van der Waals surface area contributed by atoms with Gasteiger partial charge in [-0.15, -0.1) is 0 Å². The molecule has 1 aliphatic rings. The topological polar surface area (TPSA) is 70.8 Å². The third-order valence-electron chi connectivity index (χ3n) is 4.97. The predicted molar refractivity (Wildman–Crippen MR) is 105 cm³/mol. The third-order valence-corrected chi connectivity index (χ3v) is 5.20. The van der Waals surface area contributed by atoms with Gasteiger partial charge in [-0.25, -0.2) is 0 Å². The van der Waals surface area contributed by atoms with E-state index in [1.807, 2.05) is 31.2 Å². The van der Waals surface area contributed by atoms with Crippen LogP contribution in [0.15, 0.2) is 65.3 Å². The molecule has 0 fully saturated rings. The number of carbonyl (C=O) groups excluding carboxylic acids is 2. The number of halogens is 1. The number of amides is 1. The highest BCUT2D eigenvalue weighted by Gasteiger charge is 2.51. The van der Waals surface area contributed by atoms with Gasteiger partial charge >= 0.3 is 0 Å². The molecule has 0 radical (unpaired) electrons. The summed E-state index contributed by atoms with van der Waals surface area (Å²) in [4.78, 5) is 27.3. The zero-order chi connectivity index (χ0) is 19.9. The van der Waals surface area contributed by atoms with E-state index in [0.717, 1.165) is 11.1 Å². The molecule has 1 aliphatic heterocycles. The van der Waals surface area contributed by atoms with Crippen molar-refractivity contribution in [2.45, 2.75) is 25.5 Å². The second kappa shape index (κ2) is 6.93. The predicted octanol–water partition coefficient (Wildman–Crippen LogP) is 4.25. The molecular weight excluding hydrogens is 378 g/mol. The van der Waals surface area contributed by atoms with Crippen molar-refractivity contribution in [3.05, 3.63) is 88.3 Å². The van der Waals surface area contributed by atoms with E-state index in [1.54, 1.807) is 24.3 Å². The van der Waals surface area contributed by atoms with Crippen LogP contribution in [0.5, 0.6) is 0 Å². The Bertz CT molecular complexity index is 1040. The van der Waals surface area contributed by atoms with E-state index in [2.05, 4.69) is 0 Å². The molecule has 1 aromatic heterocycles. The molecule has 0 spiro atoms. The largest absolute Gasteiger partial charge is 0.461 e. The number of nitrogens with zero attached hydrogens (tertiary/aromatic N) is 1. The molecule has 1 atom stereocenters. The van der Waals surface area contributed by atoms with E-state index in [-0.39, 0.29) is 12.3 Å². The van der Waals surface area contributed by atoms with Gasteiger partial charge in [-0.1, -0.05) is 41.4 Å². The Morgan fingerprint density at radius 3 is 2.61 bits per heavy atom. The van der Waals surface area contributed by atoms with Crippen molar-refractivity contribution >= 4 is 29.0 Å². The number of aliphatic hydroxyl groups is 1. The Hall–Kier alpha value is -2.89. The molecular formula is C22H18ClNO4. The van der Waals surface area contributed by atoms with Crippen LogP contribution in [0.1, 0.15) is 33.7 Å². The van der Waals surface area contributed by atoms with Crippen LogP contribution in [0.4, 0.5) is 5.69 Å². The summed E-state index contributed by atoms with van der Waals surface area (Å²) < 4.78 is 5.12. The molecule has 3 aromatic rings. The van der Waals surface area contributed by atoms with E-state index in [4.69, 9.17) is 16.0 Å². The van der Waals surface area contributed by atoms with Crippen molar-refractivity contribution in [2.75, 3.05) is 4.90 Å². The second-order valence-corrected chi connectivity index (χ2v) is 7.41. The minimum absolute atomic E-state index is 0.0989. The zero-order valence-corrected chi connectivity index (χ0v) is 15.9. The number of carbonyl (C=O) groups is 2. The fourth-order valence-electron chi connectivity index (χ4n) is 3.48. The first-order valence-corrected chi connectivity index (χ1v) is 9.23. The number of hydrogen-bond donors (Lipinski definition) is 1. The Morgan fingerprint density at radius 1 is 1.18 bits per heavy atom. The van der Waals surface area contributed by atoms with Crippen LogP contribution in [0.2, 0.25) is 5.02 Å². The molecule has 0 unspecified atom stereocenters. The van der Waals surface area contributed by atoms with E-state index in [0.29, 0.717) is 16.3 Å². The van der Waals surface area contributed by atoms with Gasteiger partial charge in [0.2, 0.25) is 5.78 Å². The Kier molecular flexibility index (Phi) is 4.57. The van der Waals surface area contributed by atoms with Crippen molar-refractivity contribution in [1.29, 1.82) is 0 Å². The van der Waals surface area contributed by atoms with Crippen molar-refractivity contribution in [3.63, 3.8) is 0 Å². The van der Waals surface area contributed by atoms with Gasteiger partial charge in [-0.2, -0.15) is 0 Å². The summed E-state index contributed by atoms with van der Waals surface area (Å²) in [5, 5.41) is 11.7. The first-order valence-electron chi connectivity index (χ1n) is 8.85. The summed E-state index contributed by atoms with van der Waals surface area (Å²) in [5.74, 6) is -0.906. The lowest BCUT2D eigenvalue weighted by molar-refractivity contribution is -0.136. The van der Waals surface area contributed by atoms with E-state index in [9.17, 15) is 14.7 Å². The summed E-state index contributed by atoms with van der Waals surface area (Å²) in [6, 6.07) is 15.8. The Morgan fingerprint density at radius 2 is 1.93 bits per heavy atom. The van der Waals surface area contributed by atoms with Crippen LogP contribution in [0.25, 0.3) is 0 Å². The van der Waals surface area contributed by atoms with Crippen LogP contribution in [-0.2, 0) is 16.9 Å². The van der Waals surface area contributed by atoms with Gasteiger partial charge in [0.15, 0.2) is 11.4 Å². The molecule has 0 saturated carbocycles. The normalized spacial score (nSPS) is 18.4. The number of benzene rings is 2. The molecule has 1 N–H and O–H groups in total. The van der Waals surface area contributed by atoms with Crippen molar-refractivity contribution in [3.8, 4) is 0 Å². The molecule has 1 amide bonds. The molecule has 6 heteroatoms. The smallest absolute Gasteiger partial charge is 0.264 e. The number of fused-ring (bicyclic) bond motifs is 1. The maximum atomic E-state index is 13.2. The summed E-state index contributed by atoms with van der Waals surface area (Å²) in [7, 11) is 0. The van der Waals surface area contributed by atoms with E-state index >= 15 is 0 Å². The average molecular weight is 396 g/mol. The SMILES string of the molecule is Cc1ccc(CN2C(=O)[C@](O)(CC(=O)c3ccco3)c3cc(Cl)ccc32)cc1. The lowest BCUT2D eigenvalue weighted by Crippen LogP contribution is -2.41. The zero-order valence-electron chi connectivity index (χ0n) is 15.2. The number of aryl methyl sites for hydroxylation is 1. The average Bonchev–Trinajstić information content (AvgIpc) is 3.27. The van der Waals surface area contributed by atoms with Crippen LogP contribution in [0, 0.1) is 6.92 Å². The highest BCUT2D eigenvalue weighted by Crippen LogP contribution is 2.44. The van der Waals surface area contributed by atoms with Crippen molar-refractivity contribution in [2.24, 2.45) is 0 Å². The standard InChI is InChI=1S/C22H18ClNO4/c1-14-4-6-15(7-5-14)13-24-18-9-8-16(23)11-17(18)22(27,21(24)26)12-19(25)20-3-2-10-28-20/h2-11,27H,12-13H2,1H3/t22-/m0/s1. The molecule has 2 aromatic carbocycles. The molecule has 5 nitrogen and oxygen atoms in total. The molecule has 28 heavy (non-hydrogen) atoms. The first-order chi connectivity index (χ1) is 13.4. The highest BCUT2D eigenvalue weighted by atomic mass is 35.5. The maximum Gasteiger partial charge on any atom is 0.264 e. The fourth-order valence-corrected chi connectivity index (χ4v) is 3.66. The summed E-state index contributed by atoms with van der Waals surface area (Å²) in [6.45, 7) is 2.27. The van der Waals surface area contributed by atoms with E-state index in [1.165, 1.54) is 17.2 Å². The van der Waals surface area contributed by atoms with Crippen molar-refractivity contribution < 1.29 is 19.1 Å². The number of anilines is 1. The number of rotatable bonds is 5.